The summed E-state index contributed by atoms with van der Waals surface area (Å²) in [5.74, 6) is -0.00832. The number of nitrogens with two attached hydrogens (primary N) is 1. The minimum absolute atomic E-state index is 0. The van der Waals surface area contributed by atoms with Crippen molar-refractivity contribution in [2.24, 2.45) is 5.73 Å². The van der Waals surface area contributed by atoms with Gasteiger partial charge in [-0.2, -0.15) is 0 Å². The molecule has 17 heavy (non-hydrogen) atoms. The highest BCUT2D eigenvalue weighted by atomic mass is 35.5. The molecule has 1 aliphatic rings. The van der Waals surface area contributed by atoms with E-state index >= 15 is 0 Å². The van der Waals surface area contributed by atoms with Crippen LogP contribution in [0.5, 0.6) is 0 Å². The van der Waals surface area contributed by atoms with Crippen LogP contribution in [0.25, 0.3) is 0 Å². The molecule has 2 N–H and O–H groups in total. The van der Waals surface area contributed by atoms with Crippen LogP contribution in [0.2, 0.25) is 10.0 Å². The van der Waals surface area contributed by atoms with Crippen LogP contribution in [0, 0.1) is 0 Å². The monoisotopic (exact) mass is 294 g/mol. The molecule has 0 aromatic heterocycles. The van der Waals surface area contributed by atoms with Crippen LogP contribution < -0.4 is 5.73 Å². The Labute approximate surface area is 116 Å². The van der Waals surface area contributed by atoms with Crippen molar-refractivity contribution in [3.63, 3.8) is 0 Å². The first-order valence-electron chi connectivity index (χ1n) is 5.06. The van der Waals surface area contributed by atoms with Crippen molar-refractivity contribution in [3.05, 3.63) is 33.8 Å². The SMILES string of the molecule is Cl.N[C@H]1CCN(Cc2ccc(Cl)cc2Cl)C1=O. The maximum atomic E-state index is 11.6. The number of rotatable bonds is 2. The molecule has 1 atom stereocenters. The molecule has 1 amide bonds. The predicted molar refractivity (Wildman–Crippen MR) is 71.7 cm³/mol. The fourth-order valence-corrected chi connectivity index (χ4v) is 2.24. The van der Waals surface area contributed by atoms with E-state index in [2.05, 4.69) is 0 Å². The summed E-state index contributed by atoms with van der Waals surface area (Å²) in [4.78, 5) is 13.3. The van der Waals surface area contributed by atoms with Crippen LogP contribution in [0.4, 0.5) is 0 Å². The third kappa shape index (κ3) is 3.26. The number of hydrogen-bond donors (Lipinski definition) is 1. The van der Waals surface area contributed by atoms with E-state index in [-0.39, 0.29) is 24.4 Å². The van der Waals surface area contributed by atoms with Crippen molar-refractivity contribution < 1.29 is 4.79 Å². The standard InChI is InChI=1S/C11H12Cl2N2O.ClH/c12-8-2-1-7(9(13)5-8)6-15-4-3-10(14)11(15)16;/h1-2,5,10H,3-4,6,14H2;1H/t10-;/m0./s1. The lowest BCUT2D eigenvalue weighted by atomic mass is 10.2. The van der Waals surface area contributed by atoms with Crippen LogP contribution in [-0.4, -0.2) is 23.4 Å². The van der Waals surface area contributed by atoms with Crippen molar-refractivity contribution in [1.29, 1.82) is 0 Å². The Morgan fingerprint density at radius 1 is 1.41 bits per heavy atom. The molecule has 1 aromatic rings. The molecule has 1 heterocycles. The third-order valence-electron chi connectivity index (χ3n) is 2.72. The highest BCUT2D eigenvalue weighted by molar-refractivity contribution is 6.35. The van der Waals surface area contributed by atoms with E-state index in [1.54, 1.807) is 17.0 Å². The van der Waals surface area contributed by atoms with Crippen molar-refractivity contribution >= 4 is 41.5 Å². The molecule has 1 aromatic carbocycles. The van der Waals surface area contributed by atoms with Gasteiger partial charge in [-0.1, -0.05) is 29.3 Å². The van der Waals surface area contributed by atoms with E-state index in [1.807, 2.05) is 6.07 Å². The Morgan fingerprint density at radius 3 is 2.65 bits per heavy atom. The molecule has 1 aliphatic heterocycles. The second kappa shape index (κ2) is 5.91. The second-order valence-corrected chi connectivity index (χ2v) is 4.73. The molecule has 1 saturated heterocycles. The topological polar surface area (TPSA) is 46.3 Å². The number of halogens is 3. The Hall–Kier alpha value is -0.480. The van der Waals surface area contributed by atoms with Gasteiger partial charge in [0.1, 0.15) is 0 Å². The van der Waals surface area contributed by atoms with Crippen molar-refractivity contribution in [2.75, 3.05) is 6.54 Å². The number of carbonyl (C=O) groups excluding carboxylic acids is 1. The maximum Gasteiger partial charge on any atom is 0.239 e. The van der Waals surface area contributed by atoms with E-state index in [0.717, 1.165) is 5.56 Å². The van der Waals surface area contributed by atoms with Crippen LogP contribution in [0.15, 0.2) is 18.2 Å². The van der Waals surface area contributed by atoms with E-state index < -0.39 is 0 Å². The molecule has 6 heteroatoms. The average molecular weight is 296 g/mol. The minimum Gasteiger partial charge on any atom is -0.337 e. The summed E-state index contributed by atoms with van der Waals surface area (Å²) in [5.41, 5.74) is 6.54. The minimum atomic E-state index is -0.355. The van der Waals surface area contributed by atoms with Crippen LogP contribution in [0.3, 0.4) is 0 Å². The zero-order valence-corrected chi connectivity index (χ0v) is 11.4. The Bertz CT molecular complexity index is 425. The molecule has 2 rings (SSSR count). The number of nitrogens with zero attached hydrogens (tertiary/aromatic N) is 1. The lowest BCUT2D eigenvalue weighted by molar-refractivity contribution is -0.129. The van der Waals surface area contributed by atoms with E-state index in [1.165, 1.54) is 0 Å². The highest BCUT2D eigenvalue weighted by Crippen LogP contribution is 2.23. The second-order valence-electron chi connectivity index (χ2n) is 3.89. The quantitative estimate of drug-likeness (QED) is 0.911. The Morgan fingerprint density at radius 2 is 2.12 bits per heavy atom. The van der Waals surface area contributed by atoms with Gasteiger partial charge >= 0.3 is 0 Å². The first-order chi connectivity index (χ1) is 7.58. The van der Waals surface area contributed by atoms with Gasteiger partial charge in [0.15, 0.2) is 0 Å². The summed E-state index contributed by atoms with van der Waals surface area (Å²) in [5, 5.41) is 1.18. The molecule has 0 spiro atoms. The normalized spacial score (nSPS) is 19.4. The average Bonchev–Trinajstić information content (AvgIpc) is 2.54. The smallest absolute Gasteiger partial charge is 0.239 e. The number of carbonyl (C=O) groups is 1. The largest absolute Gasteiger partial charge is 0.337 e. The van der Waals surface area contributed by atoms with Crippen LogP contribution in [-0.2, 0) is 11.3 Å². The van der Waals surface area contributed by atoms with Gasteiger partial charge < -0.3 is 10.6 Å². The molecular formula is C11H13Cl3N2O. The zero-order valence-electron chi connectivity index (χ0n) is 9.03. The predicted octanol–water partition coefficient (Wildman–Crippen LogP) is 2.47. The fraction of sp³-hybridized carbons (Fsp3) is 0.364. The molecule has 0 unspecified atom stereocenters. The summed E-state index contributed by atoms with van der Waals surface area (Å²) in [7, 11) is 0. The van der Waals surface area contributed by atoms with Crippen LogP contribution >= 0.6 is 35.6 Å². The Kier molecular flexibility index (Phi) is 5.07. The van der Waals surface area contributed by atoms with Gasteiger partial charge in [-0.05, 0) is 24.1 Å². The summed E-state index contributed by atoms with van der Waals surface area (Å²) in [6, 6.07) is 4.93. The van der Waals surface area contributed by atoms with Gasteiger partial charge in [-0.15, -0.1) is 12.4 Å². The van der Waals surface area contributed by atoms with E-state index in [9.17, 15) is 4.79 Å². The van der Waals surface area contributed by atoms with E-state index in [4.69, 9.17) is 28.9 Å². The van der Waals surface area contributed by atoms with E-state index in [0.29, 0.717) is 29.6 Å². The van der Waals surface area contributed by atoms with Crippen LogP contribution in [0.1, 0.15) is 12.0 Å². The number of hydrogen-bond acceptors (Lipinski definition) is 2. The number of likely N-dealkylation sites (tertiary alicyclic amines) is 1. The van der Waals surface area contributed by atoms with Gasteiger partial charge in [0, 0.05) is 23.1 Å². The van der Waals surface area contributed by atoms with Crippen molar-refractivity contribution in [1.82, 2.24) is 4.90 Å². The van der Waals surface area contributed by atoms with Gasteiger partial charge in [-0.3, -0.25) is 4.79 Å². The molecule has 1 fully saturated rings. The molecule has 3 nitrogen and oxygen atoms in total. The van der Waals surface area contributed by atoms with Crippen molar-refractivity contribution in [2.45, 2.75) is 19.0 Å². The summed E-state index contributed by atoms with van der Waals surface area (Å²) < 4.78 is 0. The molecular weight excluding hydrogens is 282 g/mol. The van der Waals surface area contributed by atoms with Crippen molar-refractivity contribution in [3.8, 4) is 0 Å². The third-order valence-corrected chi connectivity index (χ3v) is 3.30. The van der Waals surface area contributed by atoms with Gasteiger partial charge in [0.05, 0.1) is 6.04 Å². The number of benzene rings is 1. The first kappa shape index (κ1) is 14.6. The summed E-state index contributed by atoms with van der Waals surface area (Å²) in [6.07, 6.45) is 0.712. The van der Waals surface area contributed by atoms with Gasteiger partial charge in [-0.25, -0.2) is 0 Å². The molecule has 0 saturated carbocycles. The first-order valence-corrected chi connectivity index (χ1v) is 5.82. The molecule has 0 bridgehead atoms. The Balaban J connectivity index is 0.00000144. The molecule has 0 radical (unpaired) electrons. The lowest BCUT2D eigenvalue weighted by Gasteiger charge is -2.16. The van der Waals surface area contributed by atoms with Gasteiger partial charge in [0.2, 0.25) is 5.91 Å². The highest BCUT2D eigenvalue weighted by Gasteiger charge is 2.28. The number of amides is 1. The van der Waals surface area contributed by atoms with Gasteiger partial charge in [0.25, 0.3) is 0 Å². The lowest BCUT2D eigenvalue weighted by Crippen LogP contribution is -2.33. The maximum absolute atomic E-state index is 11.6. The summed E-state index contributed by atoms with van der Waals surface area (Å²) >= 11 is 11.8. The molecule has 0 aliphatic carbocycles. The zero-order chi connectivity index (χ0) is 11.7. The summed E-state index contributed by atoms with van der Waals surface area (Å²) in [6.45, 7) is 1.20. The molecule has 94 valence electrons. The fourth-order valence-electron chi connectivity index (χ4n) is 1.78.